The van der Waals surface area contributed by atoms with Crippen LogP contribution in [-0.2, 0) is 13.5 Å². The Hall–Kier alpha value is -0.830. The number of aromatic nitrogens is 2. The van der Waals surface area contributed by atoms with Gasteiger partial charge in [-0.15, -0.1) is 0 Å². The highest BCUT2D eigenvalue weighted by atomic mass is 15.3. The Morgan fingerprint density at radius 3 is 2.33 bits per heavy atom. The number of nitrogens with zero attached hydrogens (tertiary/aromatic N) is 2. The average molecular weight is 209 g/mol. The molecule has 0 fully saturated rings. The molecule has 0 amide bonds. The third kappa shape index (κ3) is 3.06. The first-order chi connectivity index (χ1) is 6.91. The number of hydrogen-bond acceptors (Lipinski definition) is 2. The zero-order valence-corrected chi connectivity index (χ0v) is 10.5. The summed E-state index contributed by atoms with van der Waals surface area (Å²) in [6.07, 6.45) is 2.03. The van der Waals surface area contributed by atoms with E-state index in [1.54, 1.807) is 0 Å². The maximum atomic E-state index is 6.12. The van der Waals surface area contributed by atoms with E-state index in [0.717, 1.165) is 18.5 Å². The molecule has 0 saturated heterocycles. The molecule has 1 heterocycles. The summed E-state index contributed by atoms with van der Waals surface area (Å²) in [7, 11) is 1.99. The number of aryl methyl sites for hydroxylation is 2. The van der Waals surface area contributed by atoms with Crippen LogP contribution in [0.4, 0.5) is 0 Å². The molecular weight excluding hydrogens is 186 g/mol. The lowest BCUT2D eigenvalue weighted by molar-refractivity contribution is 0.492. The molecule has 0 radical (unpaired) electrons. The summed E-state index contributed by atoms with van der Waals surface area (Å²) in [6.45, 7) is 8.59. The molecule has 1 unspecified atom stereocenters. The Bertz CT molecular complexity index is 326. The third-order valence-corrected chi connectivity index (χ3v) is 2.90. The minimum absolute atomic E-state index is 0.256. The van der Waals surface area contributed by atoms with Gasteiger partial charge in [-0.25, -0.2) is 0 Å². The van der Waals surface area contributed by atoms with Crippen LogP contribution in [0, 0.1) is 19.8 Å². The summed E-state index contributed by atoms with van der Waals surface area (Å²) in [5.74, 6) is 0.664. The molecule has 0 spiro atoms. The fourth-order valence-corrected chi connectivity index (χ4v) is 2.06. The second-order valence-corrected chi connectivity index (χ2v) is 4.87. The standard InChI is InChI=1S/C12H23N3/c1-8(2)6-11(13)7-12-9(3)14-15(5)10(12)4/h8,11H,6-7,13H2,1-5H3. The van der Waals surface area contributed by atoms with Crippen molar-refractivity contribution in [2.75, 3.05) is 0 Å². The van der Waals surface area contributed by atoms with Gasteiger partial charge in [-0.05, 0) is 38.2 Å². The van der Waals surface area contributed by atoms with E-state index in [4.69, 9.17) is 5.73 Å². The minimum Gasteiger partial charge on any atom is -0.327 e. The first kappa shape index (κ1) is 12.2. The van der Waals surface area contributed by atoms with Gasteiger partial charge in [-0.2, -0.15) is 5.10 Å². The van der Waals surface area contributed by atoms with E-state index in [-0.39, 0.29) is 6.04 Å². The van der Waals surface area contributed by atoms with Crippen molar-refractivity contribution in [3.05, 3.63) is 17.0 Å². The van der Waals surface area contributed by atoms with E-state index in [0.29, 0.717) is 5.92 Å². The largest absolute Gasteiger partial charge is 0.327 e. The van der Waals surface area contributed by atoms with Gasteiger partial charge in [-0.3, -0.25) is 4.68 Å². The Morgan fingerprint density at radius 2 is 1.93 bits per heavy atom. The quantitative estimate of drug-likeness (QED) is 0.823. The molecule has 3 nitrogen and oxygen atoms in total. The molecule has 1 aromatic heterocycles. The molecule has 0 bridgehead atoms. The van der Waals surface area contributed by atoms with Gasteiger partial charge >= 0.3 is 0 Å². The lowest BCUT2D eigenvalue weighted by Gasteiger charge is -2.14. The monoisotopic (exact) mass is 209 g/mol. The second kappa shape index (κ2) is 4.79. The van der Waals surface area contributed by atoms with Gasteiger partial charge in [0, 0.05) is 18.8 Å². The van der Waals surface area contributed by atoms with Crippen LogP contribution in [0.3, 0.4) is 0 Å². The van der Waals surface area contributed by atoms with Crippen LogP contribution >= 0.6 is 0 Å². The van der Waals surface area contributed by atoms with Crippen LogP contribution < -0.4 is 5.73 Å². The molecule has 1 rings (SSSR count). The first-order valence-electron chi connectivity index (χ1n) is 5.66. The summed E-state index contributed by atoms with van der Waals surface area (Å²) < 4.78 is 1.94. The minimum atomic E-state index is 0.256. The van der Waals surface area contributed by atoms with Crippen molar-refractivity contribution in [2.24, 2.45) is 18.7 Å². The SMILES string of the molecule is Cc1nn(C)c(C)c1CC(N)CC(C)C. The highest BCUT2D eigenvalue weighted by molar-refractivity contribution is 5.25. The first-order valence-corrected chi connectivity index (χ1v) is 5.66. The lowest BCUT2D eigenvalue weighted by Crippen LogP contribution is -2.25. The lowest BCUT2D eigenvalue weighted by atomic mass is 9.97. The molecule has 86 valence electrons. The van der Waals surface area contributed by atoms with Crippen molar-refractivity contribution in [1.82, 2.24) is 9.78 Å². The van der Waals surface area contributed by atoms with Gasteiger partial charge in [-0.1, -0.05) is 13.8 Å². The van der Waals surface area contributed by atoms with Gasteiger partial charge in [0.15, 0.2) is 0 Å². The van der Waals surface area contributed by atoms with Crippen LogP contribution in [0.15, 0.2) is 0 Å². The molecule has 0 saturated carbocycles. The van der Waals surface area contributed by atoms with Crippen molar-refractivity contribution in [1.29, 1.82) is 0 Å². The van der Waals surface area contributed by atoms with Crippen LogP contribution in [-0.4, -0.2) is 15.8 Å². The van der Waals surface area contributed by atoms with Crippen molar-refractivity contribution in [2.45, 2.75) is 46.6 Å². The Morgan fingerprint density at radius 1 is 1.33 bits per heavy atom. The van der Waals surface area contributed by atoms with E-state index < -0.39 is 0 Å². The van der Waals surface area contributed by atoms with E-state index in [1.807, 2.05) is 11.7 Å². The molecule has 1 aromatic rings. The van der Waals surface area contributed by atoms with E-state index in [2.05, 4.69) is 32.8 Å². The van der Waals surface area contributed by atoms with Crippen molar-refractivity contribution in [3.8, 4) is 0 Å². The number of hydrogen-bond donors (Lipinski definition) is 1. The average Bonchev–Trinajstić information content (AvgIpc) is 2.31. The molecule has 0 aromatic carbocycles. The highest BCUT2D eigenvalue weighted by Crippen LogP contribution is 2.16. The molecule has 15 heavy (non-hydrogen) atoms. The van der Waals surface area contributed by atoms with Crippen molar-refractivity contribution in [3.63, 3.8) is 0 Å². The maximum Gasteiger partial charge on any atom is 0.0628 e. The zero-order valence-electron chi connectivity index (χ0n) is 10.5. The van der Waals surface area contributed by atoms with Crippen LogP contribution in [0.25, 0.3) is 0 Å². The molecule has 0 aliphatic heterocycles. The topological polar surface area (TPSA) is 43.8 Å². The molecule has 3 heteroatoms. The van der Waals surface area contributed by atoms with Gasteiger partial charge < -0.3 is 5.73 Å². The van der Waals surface area contributed by atoms with Crippen molar-refractivity contribution < 1.29 is 0 Å². The Labute approximate surface area is 92.7 Å². The van der Waals surface area contributed by atoms with Crippen LogP contribution in [0.2, 0.25) is 0 Å². The predicted molar refractivity (Wildman–Crippen MR) is 63.8 cm³/mol. The normalized spacial score (nSPS) is 13.5. The van der Waals surface area contributed by atoms with Crippen molar-refractivity contribution >= 4 is 0 Å². The molecule has 2 N–H and O–H groups in total. The van der Waals surface area contributed by atoms with E-state index in [9.17, 15) is 0 Å². The molecular formula is C12H23N3. The predicted octanol–water partition coefficient (Wildman–Crippen LogP) is 1.95. The second-order valence-electron chi connectivity index (χ2n) is 4.87. The Kier molecular flexibility index (Phi) is 3.91. The molecule has 0 aliphatic rings. The summed E-state index contributed by atoms with van der Waals surface area (Å²) >= 11 is 0. The van der Waals surface area contributed by atoms with Gasteiger partial charge in [0.1, 0.15) is 0 Å². The molecule has 0 aliphatic carbocycles. The fraction of sp³-hybridized carbons (Fsp3) is 0.750. The fourth-order valence-electron chi connectivity index (χ4n) is 2.06. The van der Waals surface area contributed by atoms with E-state index in [1.165, 1.54) is 11.3 Å². The summed E-state index contributed by atoms with van der Waals surface area (Å²) in [4.78, 5) is 0. The van der Waals surface area contributed by atoms with Crippen LogP contribution in [0.5, 0.6) is 0 Å². The van der Waals surface area contributed by atoms with E-state index >= 15 is 0 Å². The summed E-state index contributed by atoms with van der Waals surface area (Å²) in [5.41, 5.74) is 9.80. The smallest absolute Gasteiger partial charge is 0.0628 e. The maximum absolute atomic E-state index is 6.12. The number of nitrogens with two attached hydrogens (primary N) is 1. The van der Waals surface area contributed by atoms with Gasteiger partial charge in [0.25, 0.3) is 0 Å². The van der Waals surface area contributed by atoms with Crippen LogP contribution in [0.1, 0.15) is 37.2 Å². The van der Waals surface area contributed by atoms with Gasteiger partial charge in [0.2, 0.25) is 0 Å². The van der Waals surface area contributed by atoms with Gasteiger partial charge in [0.05, 0.1) is 5.69 Å². The highest BCUT2D eigenvalue weighted by Gasteiger charge is 2.13. The number of rotatable bonds is 4. The summed E-state index contributed by atoms with van der Waals surface area (Å²) in [5, 5.41) is 4.40. The Balaban J connectivity index is 2.71. The third-order valence-electron chi connectivity index (χ3n) is 2.90. The zero-order chi connectivity index (χ0) is 11.6. The molecule has 1 atom stereocenters. The summed E-state index contributed by atoms with van der Waals surface area (Å²) in [6, 6.07) is 0.256.